The van der Waals surface area contributed by atoms with Gasteiger partial charge in [-0.1, -0.05) is 0 Å². The zero-order chi connectivity index (χ0) is 18.7. The Balaban J connectivity index is 1.68. The maximum Gasteiger partial charge on any atom is 0.337 e. The number of nitrogens with zero attached hydrogens (tertiary/aromatic N) is 2. The van der Waals surface area contributed by atoms with Crippen molar-refractivity contribution in [1.29, 1.82) is 0 Å². The molecule has 1 fully saturated rings. The number of hydrogen-bond donors (Lipinski definition) is 1. The number of carbonyl (C=O) groups is 2. The number of hydrogen-bond acceptors (Lipinski definition) is 5. The van der Waals surface area contributed by atoms with Gasteiger partial charge in [0, 0.05) is 43.6 Å². The molecule has 1 aliphatic heterocycles. The van der Waals surface area contributed by atoms with Gasteiger partial charge in [0.15, 0.2) is 0 Å². The highest BCUT2D eigenvalue weighted by Crippen LogP contribution is 2.21. The lowest BCUT2D eigenvalue weighted by Gasteiger charge is -2.41. The molecule has 0 bridgehead atoms. The molecule has 7 nitrogen and oxygen atoms in total. The summed E-state index contributed by atoms with van der Waals surface area (Å²) in [5.41, 5.74) is 1.76. The van der Waals surface area contributed by atoms with Gasteiger partial charge in [0.05, 0.1) is 18.2 Å². The number of nitrogens with one attached hydrogen (secondary N) is 1. The summed E-state index contributed by atoms with van der Waals surface area (Å²) in [6, 6.07) is 10.2. The van der Waals surface area contributed by atoms with E-state index in [0.717, 1.165) is 5.69 Å². The molecule has 136 valence electrons. The third-order valence-corrected chi connectivity index (χ3v) is 4.57. The van der Waals surface area contributed by atoms with Gasteiger partial charge < -0.3 is 19.5 Å². The number of H-pyrrole nitrogens is 1. The molecule has 0 radical (unpaired) electrons. The molecule has 0 spiro atoms. The van der Waals surface area contributed by atoms with Gasteiger partial charge in [0.25, 0.3) is 5.91 Å². The third-order valence-electron chi connectivity index (χ3n) is 4.57. The summed E-state index contributed by atoms with van der Waals surface area (Å²) in [7, 11) is 1.36. The van der Waals surface area contributed by atoms with Crippen LogP contribution in [0.2, 0.25) is 0 Å². The number of aromatic nitrogens is 1. The van der Waals surface area contributed by atoms with Crippen molar-refractivity contribution in [2.75, 3.05) is 31.6 Å². The highest BCUT2D eigenvalue weighted by molar-refractivity contribution is 5.94. The predicted molar refractivity (Wildman–Crippen MR) is 97.6 cm³/mol. The molecule has 1 amide bonds. The van der Waals surface area contributed by atoms with Crippen LogP contribution in [0, 0.1) is 0 Å². The zero-order valence-corrected chi connectivity index (χ0v) is 14.8. The SMILES string of the molecule is COC(=O)c1ccc(N2CCN(C(=O)c3ccc(=O)[nH]c3)C(C)C2)cc1. The van der Waals surface area contributed by atoms with E-state index in [1.165, 1.54) is 19.4 Å². The van der Waals surface area contributed by atoms with Crippen LogP contribution in [0.25, 0.3) is 0 Å². The van der Waals surface area contributed by atoms with E-state index in [9.17, 15) is 14.4 Å². The average molecular weight is 355 g/mol. The summed E-state index contributed by atoms with van der Waals surface area (Å²) in [6.45, 7) is 3.96. The van der Waals surface area contributed by atoms with E-state index in [1.807, 2.05) is 24.0 Å². The van der Waals surface area contributed by atoms with E-state index in [2.05, 4.69) is 9.88 Å². The second kappa shape index (κ2) is 7.43. The number of ether oxygens (including phenoxy) is 1. The maximum absolute atomic E-state index is 12.7. The molecular weight excluding hydrogens is 334 g/mol. The number of methoxy groups -OCH3 is 1. The second-order valence-electron chi connectivity index (χ2n) is 6.27. The number of amides is 1. The van der Waals surface area contributed by atoms with E-state index < -0.39 is 0 Å². The Kier molecular flexibility index (Phi) is 5.06. The highest BCUT2D eigenvalue weighted by Gasteiger charge is 2.28. The van der Waals surface area contributed by atoms with Crippen molar-refractivity contribution in [3.05, 3.63) is 64.1 Å². The number of pyridine rings is 1. The fourth-order valence-electron chi connectivity index (χ4n) is 3.13. The van der Waals surface area contributed by atoms with Crippen LogP contribution in [0.1, 0.15) is 27.6 Å². The van der Waals surface area contributed by atoms with Crippen molar-refractivity contribution in [2.45, 2.75) is 13.0 Å². The van der Waals surface area contributed by atoms with Gasteiger partial charge >= 0.3 is 5.97 Å². The molecule has 2 aromatic rings. The molecule has 1 unspecified atom stereocenters. The van der Waals surface area contributed by atoms with Crippen molar-refractivity contribution in [3.63, 3.8) is 0 Å². The van der Waals surface area contributed by atoms with E-state index in [-0.39, 0.29) is 23.5 Å². The lowest BCUT2D eigenvalue weighted by atomic mass is 10.1. The number of carbonyl (C=O) groups excluding carboxylic acids is 2. The summed E-state index contributed by atoms with van der Waals surface area (Å²) in [6.07, 6.45) is 1.45. The van der Waals surface area contributed by atoms with E-state index in [0.29, 0.717) is 30.8 Å². The Hall–Kier alpha value is -3.09. The third kappa shape index (κ3) is 3.61. The maximum atomic E-state index is 12.7. The monoisotopic (exact) mass is 355 g/mol. The van der Waals surface area contributed by atoms with Crippen LogP contribution in [0.3, 0.4) is 0 Å². The van der Waals surface area contributed by atoms with Gasteiger partial charge in [-0.05, 0) is 37.3 Å². The van der Waals surface area contributed by atoms with Crippen molar-refractivity contribution in [1.82, 2.24) is 9.88 Å². The zero-order valence-electron chi connectivity index (χ0n) is 14.8. The first-order chi connectivity index (χ1) is 12.5. The quantitative estimate of drug-likeness (QED) is 0.844. The number of esters is 1. The van der Waals surface area contributed by atoms with Gasteiger partial charge in [-0.15, -0.1) is 0 Å². The molecule has 1 N–H and O–H groups in total. The first-order valence-corrected chi connectivity index (χ1v) is 8.42. The minimum Gasteiger partial charge on any atom is -0.465 e. The van der Waals surface area contributed by atoms with Crippen LogP contribution >= 0.6 is 0 Å². The molecule has 0 aliphatic carbocycles. The van der Waals surface area contributed by atoms with Crippen molar-refractivity contribution >= 4 is 17.6 Å². The lowest BCUT2D eigenvalue weighted by molar-refractivity contribution is 0.0599. The van der Waals surface area contributed by atoms with Gasteiger partial charge in [-0.2, -0.15) is 0 Å². The average Bonchev–Trinajstić information content (AvgIpc) is 2.67. The first kappa shape index (κ1) is 17.7. The molecule has 1 saturated heterocycles. The van der Waals surface area contributed by atoms with Gasteiger partial charge in [0.1, 0.15) is 0 Å². The number of anilines is 1. The summed E-state index contributed by atoms with van der Waals surface area (Å²) in [5, 5.41) is 0. The number of aromatic amines is 1. The molecule has 2 heterocycles. The van der Waals surface area contributed by atoms with Crippen LogP contribution in [-0.4, -0.2) is 54.5 Å². The van der Waals surface area contributed by atoms with Gasteiger partial charge in [0.2, 0.25) is 5.56 Å². The summed E-state index contributed by atoms with van der Waals surface area (Å²) in [4.78, 5) is 41.9. The fourth-order valence-corrected chi connectivity index (χ4v) is 3.13. The minimum absolute atomic E-state index is 0.0171. The largest absolute Gasteiger partial charge is 0.465 e. The second-order valence-corrected chi connectivity index (χ2v) is 6.27. The Morgan fingerprint density at radius 1 is 1.08 bits per heavy atom. The Bertz CT molecular complexity index is 839. The first-order valence-electron chi connectivity index (χ1n) is 8.42. The molecule has 1 aromatic heterocycles. The molecule has 3 rings (SSSR count). The van der Waals surface area contributed by atoms with Crippen molar-refractivity contribution in [3.8, 4) is 0 Å². The minimum atomic E-state index is -0.360. The van der Waals surface area contributed by atoms with Crippen molar-refractivity contribution < 1.29 is 14.3 Å². The fraction of sp³-hybridized carbons (Fsp3) is 0.316. The van der Waals surface area contributed by atoms with Crippen molar-refractivity contribution in [2.24, 2.45) is 0 Å². The summed E-state index contributed by atoms with van der Waals surface area (Å²) in [5.74, 6) is -0.448. The lowest BCUT2D eigenvalue weighted by Crippen LogP contribution is -2.54. The Morgan fingerprint density at radius 3 is 2.35 bits per heavy atom. The predicted octanol–water partition coefficient (Wildman–Crippen LogP) is 1.51. The van der Waals surface area contributed by atoms with Crippen LogP contribution < -0.4 is 10.5 Å². The topological polar surface area (TPSA) is 82.7 Å². The van der Waals surface area contributed by atoms with Crippen LogP contribution in [0.4, 0.5) is 5.69 Å². The van der Waals surface area contributed by atoms with Crippen LogP contribution in [-0.2, 0) is 4.74 Å². The number of rotatable bonds is 3. The highest BCUT2D eigenvalue weighted by atomic mass is 16.5. The number of benzene rings is 1. The van der Waals surface area contributed by atoms with E-state index in [1.54, 1.807) is 18.2 Å². The normalized spacial score (nSPS) is 17.1. The Labute approximate surface area is 151 Å². The standard InChI is InChI=1S/C19H21N3O4/c1-13-12-21(16-6-3-14(4-7-16)19(25)26-2)9-10-22(13)18(24)15-5-8-17(23)20-11-15/h3-8,11,13H,9-10,12H2,1-2H3,(H,20,23). The molecule has 7 heteroatoms. The van der Waals surface area contributed by atoms with E-state index >= 15 is 0 Å². The smallest absolute Gasteiger partial charge is 0.337 e. The summed E-state index contributed by atoms with van der Waals surface area (Å²) >= 11 is 0. The number of piperazine rings is 1. The van der Waals surface area contributed by atoms with Crippen LogP contribution in [0.5, 0.6) is 0 Å². The van der Waals surface area contributed by atoms with Gasteiger partial charge in [-0.25, -0.2) is 4.79 Å². The molecule has 26 heavy (non-hydrogen) atoms. The Morgan fingerprint density at radius 2 is 1.77 bits per heavy atom. The molecule has 1 atom stereocenters. The van der Waals surface area contributed by atoms with E-state index in [4.69, 9.17) is 4.74 Å². The molecule has 1 aromatic carbocycles. The molecule has 1 aliphatic rings. The van der Waals surface area contributed by atoms with Gasteiger partial charge in [-0.3, -0.25) is 9.59 Å². The van der Waals surface area contributed by atoms with Crippen LogP contribution in [0.15, 0.2) is 47.4 Å². The molecular formula is C19H21N3O4. The molecule has 0 saturated carbocycles. The summed E-state index contributed by atoms with van der Waals surface area (Å²) < 4.78 is 4.71.